The van der Waals surface area contributed by atoms with Crippen molar-refractivity contribution in [1.29, 1.82) is 0 Å². The lowest BCUT2D eigenvalue weighted by atomic mass is 10.0. The first-order valence-electron chi connectivity index (χ1n) is 5.45. The number of carboxylic acid groups (broad SMARTS) is 1. The summed E-state index contributed by atoms with van der Waals surface area (Å²) in [6.45, 7) is 5.53. The second-order valence-electron chi connectivity index (χ2n) is 4.38. The van der Waals surface area contributed by atoms with E-state index in [1.165, 1.54) is 6.20 Å². The lowest BCUT2D eigenvalue weighted by Gasteiger charge is -2.15. The maximum Gasteiger partial charge on any atom is 0.326 e. The van der Waals surface area contributed by atoms with Gasteiger partial charge in [0.2, 0.25) is 0 Å². The summed E-state index contributed by atoms with van der Waals surface area (Å²) >= 11 is 0. The second kappa shape index (κ2) is 5.47. The fourth-order valence-electron chi connectivity index (χ4n) is 1.47. The zero-order valence-corrected chi connectivity index (χ0v) is 10.2. The highest BCUT2D eigenvalue weighted by Crippen LogP contribution is 2.06. The Kier molecular flexibility index (Phi) is 4.25. The Labute approximate surface area is 99.4 Å². The van der Waals surface area contributed by atoms with Crippen LogP contribution in [-0.4, -0.2) is 33.0 Å². The molecule has 0 aliphatic carbocycles. The predicted octanol–water partition coefficient (Wildman–Crippen LogP) is 0.947. The van der Waals surface area contributed by atoms with Crippen LogP contribution in [0.5, 0.6) is 0 Å². The quantitative estimate of drug-likeness (QED) is 0.712. The SMILES string of the molecule is Cc1ncc(C(=O)NC(CC(C)C)C(=O)O)[nH]1. The summed E-state index contributed by atoms with van der Waals surface area (Å²) < 4.78 is 0. The van der Waals surface area contributed by atoms with Gasteiger partial charge in [0.15, 0.2) is 0 Å². The average molecular weight is 239 g/mol. The van der Waals surface area contributed by atoms with Crippen LogP contribution in [0.2, 0.25) is 0 Å². The molecule has 1 unspecified atom stereocenters. The number of carboxylic acids is 1. The first-order chi connectivity index (χ1) is 7.90. The summed E-state index contributed by atoms with van der Waals surface area (Å²) in [6.07, 6.45) is 1.78. The van der Waals surface area contributed by atoms with Crippen LogP contribution in [0.3, 0.4) is 0 Å². The number of amides is 1. The summed E-state index contributed by atoms with van der Waals surface area (Å²) in [7, 11) is 0. The minimum atomic E-state index is -1.02. The number of rotatable bonds is 5. The Bertz CT molecular complexity index is 412. The molecule has 1 amide bonds. The molecule has 1 rings (SSSR count). The predicted molar refractivity (Wildman–Crippen MR) is 61.7 cm³/mol. The standard InChI is InChI=1S/C11H17N3O3/c1-6(2)4-8(11(16)17)14-10(15)9-5-12-7(3)13-9/h5-6,8H,4H2,1-3H3,(H,12,13)(H,14,15)(H,16,17). The molecule has 0 spiro atoms. The van der Waals surface area contributed by atoms with Crippen molar-refractivity contribution < 1.29 is 14.7 Å². The Morgan fingerprint density at radius 1 is 1.53 bits per heavy atom. The molecule has 0 bridgehead atoms. The van der Waals surface area contributed by atoms with Crippen molar-refractivity contribution in [3.8, 4) is 0 Å². The highest BCUT2D eigenvalue weighted by atomic mass is 16.4. The molecule has 0 fully saturated rings. The molecular weight excluding hydrogens is 222 g/mol. The number of aliphatic carboxylic acids is 1. The van der Waals surface area contributed by atoms with E-state index in [-0.39, 0.29) is 11.6 Å². The summed E-state index contributed by atoms with van der Waals surface area (Å²) in [5.41, 5.74) is 0.275. The lowest BCUT2D eigenvalue weighted by Crippen LogP contribution is -2.41. The molecule has 0 saturated heterocycles. The van der Waals surface area contributed by atoms with E-state index in [2.05, 4.69) is 15.3 Å². The van der Waals surface area contributed by atoms with E-state index in [1.807, 2.05) is 13.8 Å². The molecule has 3 N–H and O–H groups in total. The number of aromatic nitrogens is 2. The highest BCUT2D eigenvalue weighted by Gasteiger charge is 2.22. The maximum atomic E-state index is 11.7. The Morgan fingerprint density at radius 3 is 2.59 bits per heavy atom. The number of nitrogens with one attached hydrogen (secondary N) is 2. The van der Waals surface area contributed by atoms with Gasteiger partial charge in [-0.05, 0) is 19.3 Å². The van der Waals surface area contributed by atoms with Crippen LogP contribution in [-0.2, 0) is 4.79 Å². The molecule has 0 aliphatic heterocycles. The van der Waals surface area contributed by atoms with Gasteiger partial charge in [0.25, 0.3) is 5.91 Å². The number of aromatic amines is 1. The number of carbonyl (C=O) groups excluding carboxylic acids is 1. The van der Waals surface area contributed by atoms with E-state index < -0.39 is 17.9 Å². The van der Waals surface area contributed by atoms with Gasteiger partial charge in [-0.1, -0.05) is 13.8 Å². The van der Waals surface area contributed by atoms with E-state index in [1.54, 1.807) is 6.92 Å². The van der Waals surface area contributed by atoms with Gasteiger partial charge in [-0.15, -0.1) is 0 Å². The van der Waals surface area contributed by atoms with E-state index >= 15 is 0 Å². The minimum absolute atomic E-state index is 0.194. The van der Waals surface area contributed by atoms with E-state index in [0.29, 0.717) is 12.2 Å². The van der Waals surface area contributed by atoms with Crippen molar-refractivity contribution in [2.75, 3.05) is 0 Å². The number of nitrogens with zero attached hydrogens (tertiary/aromatic N) is 1. The van der Waals surface area contributed by atoms with Crippen LogP contribution in [0.25, 0.3) is 0 Å². The molecule has 1 heterocycles. The first-order valence-corrected chi connectivity index (χ1v) is 5.45. The van der Waals surface area contributed by atoms with Gasteiger partial charge in [0, 0.05) is 0 Å². The third-order valence-corrected chi connectivity index (χ3v) is 2.26. The monoisotopic (exact) mass is 239 g/mol. The van der Waals surface area contributed by atoms with Crippen LogP contribution in [0.4, 0.5) is 0 Å². The van der Waals surface area contributed by atoms with Crippen molar-refractivity contribution in [2.24, 2.45) is 5.92 Å². The van der Waals surface area contributed by atoms with Crippen LogP contribution in [0.15, 0.2) is 6.20 Å². The Balaban J connectivity index is 2.67. The average Bonchev–Trinajstić information content (AvgIpc) is 2.63. The molecule has 1 aromatic heterocycles. The number of imidazole rings is 1. The number of hydrogen-bond donors (Lipinski definition) is 3. The largest absolute Gasteiger partial charge is 0.480 e. The van der Waals surface area contributed by atoms with Crippen molar-refractivity contribution in [2.45, 2.75) is 33.2 Å². The number of H-pyrrole nitrogens is 1. The van der Waals surface area contributed by atoms with Crippen molar-refractivity contribution in [1.82, 2.24) is 15.3 Å². The van der Waals surface area contributed by atoms with Crippen LogP contribution >= 0.6 is 0 Å². The zero-order valence-electron chi connectivity index (χ0n) is 10.2. The van der Waals surface area contributed by atoms with Gasteiger partial charge >= 0.3 is 5.97 Å². The van der Waals surface area contributed by atoms with Crippen LogP contribution in [0, 0.1) is 12.8 Å². The number of aryl methyl sites for hydroxylation is 1. The smallest absolute Gasteiger partial charge is 0.326 e. The van der Waals surface area contributed by atoms with Gasteiger partial charge in [0.1, 0.15) is 17.6 Å². The third-order valence-electron chi connectivity index (χ3n) is 2.26. The maximum absolute atomic E-state index is 11.7. The molecule has 94 valence electrons. The fourth-order valence-corrected chi connectivity index (χ4v) is 1.47. The summed E-state index contributed by atoms with van der Waals surface area (Å²) in [5.74, 6) is -0.660. The first kappa shape index (κ1) is 13.2. The van der Waals surface area contributed by atoms with Crippen molar-refractivity contribution >= 4 is 11.9 Å². The number of hydrogen-bond acceptors (Lipinski definition) is 3. The molecule has 0 radical (unpaired) electrons. The van der Waals surface area contributed by atoms with Gasteiger partial charge in [-0.25, -0.2) is 9.78 Å². The molecule has 0 aliphatic rings. The van der Waals surface area contributed by atoms with Gasteiger partial charge in [0.05, 0.1) is 6.20 Å². The summed E-state index contributed by atoms with van der Waals surface area (Å²) in [4.78, 5) is 29.3. The van der Waals surface area contributed by atoms with E-state index in [0.717, 1.165) is 0 Å². The normalized spacial score (nSPS) is 12.5. The Hall–Kier alpha value is -1.85. The topological polar surface area (TPSA) is 95.1 Å². The minimum Gasteiger partial charge on any atom is -0.480 e. The van der Waals surface area contributed by atoms with Gasteiger partial charge in [-0.3, -0.25) is 4.79 Å². The van der Waals surface area contributed by atoms with Gasteiger partial charge in [-0.2, -0.15) is 0 Å². The molecule has 6 heteroatoms. The van der Waals surface area contributed by atoms with E-state index in [9.17, 15) is 9.59 Å². The highest BCUT2D eigenvalue weighted by molar-refractivity contribution is 5.94. The molecule has 0 aromatic carbocycles. The lowest BCUT2D eigenvalue weighted by molar-refractivity contribution is -0.139. The van der Waals surface area contributed by atoms with Crippen molar-refractivity contribution in [3.05, 3.63) is 17.7 Å². The molecule has 1 atom stereocenters. The Morgan fingerprint density at radius 2 is 2.18 bits per heavy atom. The van der Waals surface area contributed by atoms with Crippen LogP contribution < -0.4 is 5.32 Å². The second-order valence-corrected chi connectivity index (χ2v) is 4.38. The molecular formula is C11H17N3O3. The van der Waals surface area contributed by atoms with Crippen LogP contribution in [0.1, 0.15) is 36.6 Å². The molecule has 0 saturated carbocycles. The number of carbonyl (C=O) groups is 2. The molecule has 17 heavy (non-hydrogen) atoms. The van der Waals surface area contributed by atoms with Gasteiger partial charge < -0.3 is 15.4 Å². The van der Waals surface area contributed by atoms with E-state index in [4.69, 9.17) is 5.11 Å². The molecule has 1 aromatic rings. The third kappa shape index (κ3) is 3.90. The summed E-state index contributed by atoms with van der Waals surface area (Å²) in [6, 6.07) is -0.869. The molecule has 6 nitrogen and oxygen atoms in total. The summed E-state index contributed by atoms with van der Waals surface area (Å²) in [5, 5.41) is 11.5. The van der Waals surface area contributed by atoms with Crippen molar-refractivity contribution in [3.63, 3.8) is 0 Å². The fraction of sp³-hybridized carbons (Fsp3) is 0.545. The zero-order chi connectivity index (χ0) is 13.0.